The Morgan fingerprint density at radius 3 is 0.521 bits per heavy atom. The van der Waals surface area contributed by atoms with Crippen molar-refractivity contribution in [3.05, 3.63) is 99.3 Å². The molecule has 0 bridgehead atoms. The zero-order chi connectivity index (χ0) is 84.1. The van der Waals surface area contributed by atoms with Crippen LogP contribution in [-0.2, 0) is 55.0 Å². The molecule has 3 heteroatoms. The first-order valence-electron chi connectivity index (χ1n) is 54.1. The van der Waals surface area contributed by atoms with Gasteiger partial charge >= 0.3 is 16.5 Å². The van der Waals surface area contributed by atoms with E-state index in [4.69, 9.17) is 0 Å². The normalized spacial score (nSPS) is 12.2. The Balaban J connectivity index is 0.00000232. The van der Waals surface area contributed by atoms with Gasteiger partial charge in [0, 0.05) is 22.3 Å². The first-order valence-corrected chi connectivity index (χ1v) is 54.1. The van der Waals surface area contributed by atoms with E-state index in [2.05, 4.69) is 107 Å². The minimum atomic E-state index is 0. The van der Waals surface area contributed by atoms with Crippen LogP contribution in [0.25, 0.3) is 16.9 Å². The molecular weight excluding hydrogens is 1460 g/mol. The van der Waals surface area contributed by atoms with Gasteiger partial charge in [-0.25, -0.2) is 4.70 Å². The predicted molar refractivity (Wildman–Crippen MR) is 529 cm³/mol. The van der Waals surface area contributed by atoms with Crippen molar-refractivity contribution in [3.63, 3.8) is 0 Å². The van der Waals surface area contributed by atoms with E-state index in [0.717, 1.165) is 69.2 Å². The average molecular weight is 1670 g/mol. The molecule has 117 heavy (non-hydrogen) atoms. The summed E-state index contributed by atoms with van der Waals surface area (Å²) in [5.74, 6) is 0. The van der Waals surface area contributed by atoms with Crippen LogP contribution < -0.4 is 0 Å². The summed E-state index contributed by atoms with van der Waals surface area (Å²) in [5.41, 5.74) is 30.9. The molecule has 0 aliphatic carbocycles. The summed E-state index contributed by atoms with van der Waals surface area (Å²) < 4.78 is 1.80. The quantitative estimate of drug-likeness (QED) is 0.0273. The molecule has 3 rings (SSSR count). The number of allylic oxidation sites excluding steroid dienone is 2. The van der Waals surface area contributed by atoms with Crippen LogP contribution in [0.1, 0.15) is 627 Å². The Kier molecular flexibility index (Phi) is 88.7. The van der Waals surface area contributed by atoms with E-state index >= 15 is 0 Å². The third kappa shape index (κ3) is 63.6. The molecule has 2 aromatic carbocycles. The van der Waals surface area contributed by atoms with Crippen molar-refractivity contribution in [2.75, 3.05) is 0 Å². The van der Waals surface area contributed by atoms with E-state index in [9.17, 15) is 5.53 Å². The molecule has 1 aliphatic rings. The Labute approximate surface area is 748 Å². The van der Waals surface area contributed by atoms with E-state index in [-0.39, 0.29) is 16.5 Å². The zero-order valence-electron chi connectivity index (χ0n) is 81.7. The van der Waals surface area contributed by atoms with Crippen LogP contribution in [0.4, 0.5) is 0 Å². The maximum Gasteiger partial charge on any atom is 2.00 e. The Morgan fingerprint density at radius 1 is 0.188 bits per heavy atom. The number of unbranched alkanes of at least 4 members (excludes halogenated alkanes) is 68. The van der Waals surface area contributed by atoms with Crippen molar-refractivity contribution in [1.82, 2.24) is 0 Å². The molecule has 0 fully saturated rings. The third-order valence-electron chi connectivity index (χ3n) is 26.3. The molecule has 2 aromatic rings. The van der Waals surface area contributed by atoms with Crippen molar-refractivity contribution in [2.24, 2.45) is 0 Å². The number of hydrogen-bond acceptors (Lipinski definition) is 0. The van der Waals surface area contributed by atoms with Crippen LogP contribution in [-0.4, -0.2) is 4.70 Å². The molecule has 0 spiro atoms. The van der Waals surface area contributed by atoms with Gasteiger partial charge in [0.15, 0.2) is 0 Å². The van der Waals surface area contributed by atoms with Crippen molar-refractivity contribution in [1.29, 1.82) is 0 Å². The molecule has 0 amide bonds. The Morgan fingerprint density at radius 2 is 0.333 bits per heavy atom. The maximum atomic E-state index is 13.4. The fourth-order valence-electron chi connectivity index (χ4n) is 18.6. The second kappa shape index (κ2) is 90.3. The number of nitrogens with zero attached hydrogens (tertiary/aromatic N) is 2. The third-order valence-corrected chi connectivity index (χ3v) is 26.3. The molecule has 0 unspecified atom stereocenters. The van der Waals surface area contributed by atoms with Gasteiger partial charge in [0.1, 0.15) is 0 Å². The summed E-state index contributed by atoms with van der Waals surface area (Å²) in [5, 5.41) is 0. The van der Waals surface area contributed by atoms with Crippen molar-refractivity contribution >= 4 is 11.4 Å². The molecule has 0 aromatic heterocycles. The molecule has 1 aliphatic heterocycles. The standard InChI is InChI=1S/C68H116N2.2C23H47.Ni/c1-9-17-25-32-35-42-50-63-57(45-38-28-20-12-4)53-61(54-58(63)46-39-29-21-13-5)67-65(49-24-16-8)66(52-44-37-34-27-19-11-3)68(70(67)69)62-55-59(47-40-30-22-14-6)64(51-43-36-33-26-18-10-2)60(56-62)48-41-31-23-15-7;2*1-3-5-7-9-11-13-15-17-19-21-23-22-20-18-16-14-12-10-8-6-4-2;/h53-56H,9-52H2,1-8H3;2*1,3-23H2,2H3;/q;2*-1;+2. The molecule has 0 atom stereocenters. The SMILES string of the molecule is CCCCCCCCC1=C(c2cc(CCCCCC)c(CCCCCCCC)c(CCCCCC)c2)[N+](=[N-])C(c2cc(CCCCCC)c(CCCCCCCC)c(CCCCCC)c2)=C1CCCC.[CH2-]CCCCCCCCCCCCCCCCCCCCCC.[CH2-]CCCCCCCCCCCCCCCCCCCCCC.[Ni+2]. The number of benzene rings is 2. The van der Waals surface area contributed by atoms with Gasteiger partial charge in [-0.1, -0.05) is 506 Å². The van der Waals surface area contributed by atoms with Crippen molar-refractivity contribution in [2.45, 2.75) is 621 Å². The monoisotopic (exact) mass is 1670 g/mol. The Bertz CT molecular complexity index is 2330. The molecule has 1 heterocycles. The molecule has 0 N–H and O–H groups in total. The van der Waals surface area contributed by atoms with Crippen LogP contribution in [0.3, 0.4) is 0 Å². The second-order valence-electron chi connectivity index (χ2n) is 37.6. The van der Waals surface area contributed by atoms with E-state index in [1.807, 2.05) is 0 Å². The van der Waals surface area contributed by atoms with Crippen LogP contribution >= 0.6 is 0 Å². The molecule has 0 saturated heterocycles. The van der Waals surface area contributed by atoms with E-state index < -0.39 is 0 Å². The first kappa shape index (κ1) is 115. The number of rotatable bonds is 86. The van der Waals surface area contributed by atoms with E-state index in [0.29, 0.717) is 0 Å². The Hall–Kier alpha value is -1.99. The van der Waals surface area contributed by atoms with Crippen molar-refractivity contribution < 1.29 is 21.2 Å². The van der Waals surface area contributed by atoms with E-state index in [1.165, 1.54) is 517 Å². The summed E-state index contributed by atoms with van der Waals surface area (Å²) in [6, 6.07) is 10.5. The number of hydrogen-bond donors (Lipinski definition) is 0. The smallest absolute Gasteiger partial charge is 0.493 e. The van der Waals surface area contributed by atoms with Crippen LogP contribution in [0.2, 0.25) is 0 Å². The van der Waals surface area contributed by atoms with E-state index in [1.54, 1.807) is 38.1 Å². The molecule has 686 valence electrons. The summed E-state index contributed by atoms with van der Waals surface area (Å²) in [4.78, 5) is 0. The van der Waals surface area contributed by atoms with Gasteiger partial charge in [-0.05, 0) is 160 Å². The molecule has 0 radical (unpaired) electrons. The van der Waals surface area contributed by atoms with Crippen molar-refractivity contribution in [3.8, 4) is 0 Å². The fourth-order valence-corrected chi connectivity index (χ4v) is 18.6. The van der Waals surface area contributed by atoms with Gasteiger partial charge in [-0.2, -0.15) is 12.8 Å². The number of aryl methyl sites for hydroxylation is 4. The molecular formula is C114H210N2Ni. The zero-order valence-corrected chi connectivity index (χ0v) is 82.7. The summed E-state index contributed by atoms with van der Waals surface area (Å²) in [6.07, 6.45) is 117. The van der Waals surface area contributed by atoms with Crippen LogP contribution in [0.15, 0.2) is 35.4 Å². The molecule has 0 saturated carbocycles. The molecule has 2 nitrogen and oxygen atoms in total. The second-order valence-corrected chi connectivity index (χ2v) is 37.6. The fraction of sp³-hybridized carbons (Fsp3) is 0.842. The average Bonchev–Trinajstić information content (AvgIpc) is 1.59. The van der Waals surface area contributed by atoms with Gasteiger partial charge in [0.2, 0.25) is 11.4 Å². The predicted octanol–water partition coefficient (Wildman–Crippen LogP) is 41.2. The maximum absolute atomic E-state index is 13.4. The minimum Gasteiger partial charge on any atom is -0.493 e. The van der Waals surface area contributed by atoms with Gasteiger partial charge in [-0.3, -0.25) is 0 Å². The van der Waals surface area contributed by atoms with Gasteiger partial charge in [0.05, 0.1) is 0 Å². The topological polar surface area (TPSA) is 25.3 Å². The summed E-state index contributed by atoms with van der Waals surface area (Å²) >= 11 is 0. The summed E-state index contributed by atoms with van der Waals surface area (Å²) in [7, 11) is 0. The summed E-state index contributed by atoms with van der Waals surface area (Å²) in [6.45, 7) is 31.2. The van der Waals surface area contributed by atoms with Gasteiger partial charge < -0.3 is 19.4 Å². The first-order chi connectivity index (χ1) is 57.3. The minimum absolute atomic E-state index is 0. The van der Waals surface area contributed by atoms with Crippen LogP contribution in [0, 0.1) is 13.8 Å². The van der Waals surface area contributed by atoms with Gasteiger partial charge in [0.25, 0.3) is 0 Å². The van der Waals surface area contributed by atoms with Crippen LogP contribution in [0.5, 0.6) is 0 Å². The largest absolute Gasteiger partial charge is 2.00 e. The van der Waals surface area contributed by atoms with Gasteiger partial charge in [-0.15, -0.1) is 0 Å².